The molecule has 0 aliphatic heterocycles. The van der Waals surface area contributed by atoms with Gasteiger partial charge < -0.3 is 4.57 Å². The first-order valence-electron chi connectivity index (χ1n) is 8.31. The first-order valence-corrected chi connectivity index (χ1v) is 8.31. The van der Waals surface area contributed by atoms with Crippen LogP contribution in [0.2, 0.25) is 0 Å². The average molecular weight is 305 g/mol. The Morgan fingerprint density at radius 1 is 0.583 bits per heavy atom. The van der Waals surface area contributed by atoms with Crippen molar-refractivity contribution in [3.63, 3.8) is 0 Å². The van der Waals surface area contributed by atoms with Crippen LogP contribution < -0.4 is 5.46 Å². The lowest BCUT2D eigenvalue weighted by Gasteiger charge is -2.09. The molecule has 0 atom stereocenters. The second kappa shape index (κ2) is 5.00. The molecule has 1 nitrogen and oxygen atoms in total. The van der Waals surface area contributed by atoms with E-state index >= 15 is 0 Å². The lowest BCUT2D eigenvalue weighted by atomic mass is 9.88. The van der Waals surface area contributed by atoms with Crippen molar-refractivity contribution in [2.45, 2.75) is 0 Å². The summed E-state index contributed by atoms with van der Waals surface area (Å²) < 4.78 is 2.38. The third-order valence-electron chi connectivity index (χ3n) is 4.90. The van der Waals surface area contributed by atoms with Gasteiger partial charge in [-0.15, -0.1) is 0 Å². The van der Waals surface area contributed by atoms with Crippen molar-refractivity contribution in [3.05, 3.63) is 84.9 Å². The predicted octanol–water partition coefficient (Wildman–Crippen LogP) is 4.20. The maximum absolute atomic E-state index is 2.38. The van der Waals surface area contributed by atoms with Gasteiger partial charge in [-0.2, -0.15) is 0 Å². The van der Waals surface area contributed by atoms with E-state index in [1.807, 2.05) is 0 Å². The van der Waals surface area contributed by atoms with Crippen molar-refractivity contribution in [2.24, 2.45) is 0 Å². The number of fused-ring (bicyclic) bond motifs is 5. The zero-order chi connectivity index (χ0) is 16.1. The molecule has 0 amide bonds. The first-order chi connectivity index (χ1) is 11.8. The van der Waals surface area contributed by atoms with E-state index in [1.54, 1.807) is 0 Å². The van der Waals surface area contributed by atoms with E-state index in [1.165, 1.54) is 43.7 Å². The van der Waals surface area contributed by atoms with Crippen LogP contribution in [0.4, 0.5) is 0 Å². The van der Waals surface area contributed by atoms with E-state index in [9.17, 15) is 0 Å². The Morgan fingerprint density at radius 2 is 1.21 bits per heavy atom. The number of rotatable bonds is 1. The largest absolute Gasteiger partial charge is 0.309 e. The van der Waals surface area contributed by atoms with E-state index in [2.05, 4.69) is 97.3 Å². The van der Waals surface area contributed by atoms with Gasteiger partial charge in [0.25, 0.3) is 0 Å². The second-order valence-corrected chi connectivity index (χ2v) is 6.32. The molecular formula is C22H16BN. The van der Waals surface area contributed by atoms with Crippen LogP contribution in [0.15, 0.2) is 84.9 Å². The summed E-state index contributed by atoms with van der Waals surface area (Å²) >= 11 is 0. The molecule has 2 heteroatoms. The Labute approximate surface area is 141 Å². The summed E-state index contributed by atoms with van der Waals surface area (Å²) in [5.74, 6) is 0. The fourth-order valence-electron chi connectivity index (χ4n) is 3.86. The third-order valence-corrected chi connectivity index (χ3v) is 4.90. The SMILES string of the molecule is Bc1cc2c(c3ccccc13)c1ccccc1n2-c1ccccc1. The maximum Gasteiger partial charge on any atom is 0.140 e. The minimum atomic E-state index is 1.21. The van der Waals surface area contributed by atoms with Crippen LogP contribution in [0.25, 0.3) is 38.3 Å². The summed E-state index contributed by atoms with van der Waals surface area (Å²) in [5, 5.41) is 5.32. The normalized spacial score (nSPS) is 11.5. The van der Waals surface area contributed by atoms with E-state index in [0.717, 1.165) is 0 Å². The van der Waals surface area contributed by atoms with Gasteiger partial charge in [0.1, 0.15) is 7.85 Å². The van der Waals surface area contributed by atoms with Crippen molar-refractivity contribution in [3.8, 4) is 5.69 Å². The summed E-state index contributed by atoms with van der Waals surface area (Å²) in [6, 6.07) is 30.4. The van der Waals surface area contributed by atoms with Crippen LogP contribution in [0.1, 0.15) is 0 Å². The van der Waals surface area contributed by atoms with E-state index in [-0.39, 0.29) is 0 Å². The molecule has 5 rings (SSSR count). The molecule has 1 heterocycles. The molecule has 0 aliphatic carbocycles. The number of benzene rings is 4. The van der Waals surface area contributed by atoms with Crippen molar-refractivity contribution in [2.75, 3.05) is 0 Å². The molecule has 112 valence electrons. The molecule has 0 radical (unpaired) electrons. The molecule has 0 aliphatic rings. The quantitative estimate of drug-likeness (QED) is 0.409. The van der Waals surface area contributed by atoms with Gasteiger partial charge in [-0.3, -0.25) is 0 Å². The molecule has 0 saturated carbocycles. The molecule has 0 fully saturated rings. The van der Waals surface area contributed by atoms with Crippen LogP contribution in [-0.2, 0) is 0 Å². The number of aromatic nitrogens is 1. The zero-order valence-corrected chi connectivity index (χ0v) is 13.5. The van der Waals surface area contributed by atoms with E-state index < -0.39 is 0 Å². The van der Waals surface area contributed by atoms with Gasteiger partial charge in [-0.05, 0) is 35.0 Å². The predicted molar refractivity (Wildman–Crippen MR) is 106 cm³/mol. The summed E-state index contributed by atoms with van der Waals surface area (Å²) in [6.45, 7) is 0. The molecule has 4 aromatic carbocycles. The lowest BCUT2D eigenvalue weighted by molar-refractivity contribution is 1.18. The maximum atomic E-state index is 2.38. The van der Waals surface area contributed by atoms with Crippen LogP contribution in [0.3, 0.4) is 0 Å². The Morgan fingerprint density at radius 3 is 2.00 bits per heavy atom. The van der Waals surface area contributed by atoms with Crippen LogP contribution in [-0.4, -0.2) is 12.4 Å². The highest BCUT2D eigenvalue weighted by Gasteiger charge is 2.15. The molecule has 0 spiro atoms. The first kappa shape index (κ1) is 13.4. The summed E-state index contributed by atoms with van der Waals surface area (Å²) in [6.07, 6.45) is 0. The van der Waals surface area contributed by atoms with Crippen LogP contribution in [0.5, 0.6) is 0 Å². The lowest BCUT2D eigenvalue weighted by Crippen LogP contribution is -2.05. The second-order valence-electron chi connectivity index (χ2n) is 6.32. The van der Waals surface area contributed by atoms with Crippen molar-refractivity contribution >= 4 is 45.9 Å². The molecule has 0 N–H and O–H groups in total. The number of nitrogens with zero attached hydrogens (tertiary/aromatic N) is 1. The van der Waals surface area contributed by atoms with Gasteiger partial charge in [-0.1, -0.05) is 66.1 Å². The van der Waals surface area contributed by atoms with Gasteiger partial charge in [0.05, 0.1) is 11.0 Å². The molecule has 24 heavy (non-hydrogen) atoms. The Balaban J connectivity index is 2.10. The Hall–Kier alpha value is -3.00. The minimum absolute atomic E-state index is 1.21. The summed E-state index contributed by atoms with van der Waals surface area (Å²) in [5.41, 5.74) is 5.06. The molecular weight excluding hydrogens is 289 g/mol. The molecule has 5 aromatic rings. The topological polar surface area (TPSA) is 4.93 Å². The van der Waals surface area contributed by atoms with Gasteiger partial charge in [0.2, 0.25) is 0 Å². The van der Waals surface area contributed by atoms with Gasteiger partial charge in [0.15, 0.2) is 0 Å². The van der Waals surface area contributed by atoms with E-state index in [0.29, 0.717) is 0 Å². The standard InChI is InChI=1S/C22H16BN/c23-19-14-21-22(17-11-5-4-10-16(17)19)18-12-6-7-13-20(18)24(21)15-8-2-1-3-9-15/h1-14H,23H2. The van der Waals surface area contributed by atoms with Crippen molar-refractivity contribution in [1.82, 2.24) is 4.57 Å². The van der Waals surface area contributed by atoms with Gasteiger partial charge in [0, 0.05) is 16.5 Å². The molecule has 0 saturated heterocycles. The highest BCUT2D eigenvalue weighted by atomic mass is 15.0. The van der Waals surface area contributed by atoms with Crippen LogP contribution >= 0.6 is 0 Å². The Kier molecular flexibility index (Phi) is 2.80. The van der Waals surface area contributed by atoms with Gasteiger partial charge in [-0.25, -0.2) is 0 Å². The zero-order valence-electron chi connectivity index (χ0n) is 13.5. The van der Waals surface area contributed by atoms with E-state index in [4.69, 9.17) is 0 Å². The number of hydrogen-bond donors (Lipinski definition) is 0. The number of hydrogen-bond acceptors (Lipinski definition) is 0. The third kappa shape index (κ3) is 1.77. The molecule has 0 bridgehead atoms. The van der Waals surface area contributed by atoms with Crippen molar-refractivity contribution in [1.29, 1.82) is 0 Å². The van der Waals surface area contributed by atoms with Crippen LogP contribution in [0, 0.1) is 0 Å². The molecule has 1 aromatic heterocycles. The fraction of sp³-hybridized carbons (Fsp3) is 0. The van der Waals surface area contributed by atoms with Gasteiger partial charge >= 0.3 is 0 Å². The summed E-state index contributed by atoms with van der Waals surface area (Å²) in [7, 11) is 2.20. The number of para-hydroxylation sites is 2. The smallest absolute Gasteiger partial charge is 0.140 e. The monoisotopic (exact) mass is 305 g/mol. The highest BCUT2D eigenvalue weighted by molar-refractivity contribution is 6.42. The average Bonchev–Trinajstić information content (AvgIpc) is 2.97. The Bertz CT molecular complexity index is 1200. The van der Waals surface area contributed by atoms with Crippen molar-refractivity contribution < 1.29 is 0 Å². The summed E-state index contributed by atoms with van der Waals surface area (Å²) in [4.78, 5) is 0. The minimum Gasteiger partial charge on any atom is -0.309 e. The molecule has 0 unspecified atom stereocenters. The highest BCUT2D eigenvalue weighted by Crippen LogP contribution is 2.35. The fourth-order valence-corrected chi connectivity index (χ4v) is 3.86.